The fourth-order valence-electron chi connectivity index (χ4n) is 3.38. The Balaban J connectivity index is 2.01. The molecule has 1 aromatic rings. The first-order chi connectivity index (χ1) is 11.1. The number of carbonyl (C=O) groups excluding carboxylic acids is 1. The third kappa shape index (κ3) is 4.15. The van der Waals surface area contributed by atoms with Crippen LogP contribution in [0.1, 0.15) is 52.9 Å². The first kappa shape index (κ1) is 17.6. The van der Waals surface area contributed by atoms with Gasteiger partial charge in [0.2, 0.25) is 0 Å². The Labute approximate surface area is 139 Å². The van der Waals surface area contributed by atoms with Gasteiger partial charge in [-0.1, -0.05) is 40.0 Å². The summed E-state index contributed by atoms with van der Waals surface area (Å²) in [6.45, 7) is 7.80. The van der Waals surface area contributed by atoms with Crippen LogP contribution in [0.25, 0.3) is 0 Å². The highest BCUT2D eigenvalue weighted by Gasteiger charge is 2.39. The number of hydrogen-bond acceptors (Lipinski definition) is 3. The molecular formula is C18H29N3O2. The van der Waals surface area contributed by atoms with E-state index in [1.807, 2.05) is 15.7 Å². The molecule has 0 bridgehead atoms. The molecule has 0 aromatic carbocycles. The molecule has 5 heteroatoms. The molecule has 1 N–H and O–H groups in total. The lowest BCUT2D eigenvalue weighted by Crippen LogP contribution is -2.37. The van der Waals surface area contributed by atoms with Crippen molar-refractivity contribution in [2.45, 2.75) is 65.5 Å². The van der Waals surface area contributed by atoms with Gasteiger partial charge in [0.15, 0.2) is 5.76 Å². The molecule has 0 saturated heterocycles. The van der Waals surface area contributed by atoms with Gasteiger partial charge in [0.25, 0.3) is 5.91 Å². The molecule has 2 rings (SSSR count). The van der Waals surface area contributed by atoms with Crippen LogP contribution in [0.5, 0.6) is 0 Å². The van der Waals surface area contributed by atoms with Gasteiger partial charge in [-0.25, -0.2) is 4.98 Å². The van der Waals surface area contributed by atoms with Crippen LogP contribution in [0, 0.1) is 5.92 Å². The number of nitrogens with zero attached hydrogens (tertiary/aromatic N) is 3. The Morgan fingerprint density at radius 1 is 1.26 bits per heavy atom. The van der Waals surface area contributed by atoms with Gasteiger partial charge in [0.1, 0.15) is 0 Å². The third-order valence-corrected chi connectivity index (χ3v) is 4.55. The number of amides is 1. The van der Waals surface area contributed by atoms with E-state index < -0.39 is 0 Å². The summed E-state index contributed by atoms with van der Waals surface area (Å²) < 4.78 is 2.02. The molecule has 0 radical (unpaired) electrons. The Hall–Kier alpha value is -1.78. The standard InChI is InChI=1S/C18H29N3O2/c1-4-5-6-8-15-16(14(2)3)17(22)18(23)21(15)11-7-10-20-12-9-19-13-20/h9,12-15,22H,4-8,10-11H2,1-3H3. The molecule has 0 aliphatic carbocycles. The first-order valence-electron chi connectivity index (χ1n) is 8.76. The lowest BCUT2D eigenvalue weighted by atomic mass is 9.92. The Bertz CT molecular complexity index is 534. The monoisotopic (exact) mass is 319 g/mol. The van der Waals surface area contributed by atoms with Crippen molar-refractivity contribution in [1.29, 1.82) is 0 Å². The van der Waals surface area contributed by atoms with Gasteiger partial charge in [-0.2, -0.15) is 0 Å². The van der Waals surface area contributed by atoms with Crippen LogP contribution in [-0.2, 0) is 11.3 Å². The molecule has 1 aliphatic rings. The maximum atomic E-state index is 12.5. The molecule has 0 spiro atoms. The summed E-state index contributed by atoms with van der Waals surface area (Å²) in [5.41, 5.74) is 0.925. The smallest absolute Gasteiger partial charge is 0.289 e. The van der Waals surface area contributed by atoms with Crippen LogP contribution in [0.2, 0.25) is 0 Å². The van der Waals surface area contributed by atoms with Crippen LogP contribution in [0.3, 0.4) is 0 Å². The zero-order chi connectivity index (χ0) is 16.8. The number of aromatic nitrogens is 2. The van der Waals surface area contributed by atoms with E-state index in [-0.39, 0.29) is 23.6 Å². The summed E-state index contributed by atoms with van der Waals surface area (Å²) in [5, 5.41) is 10.3. The van der Waals surface area contributed by atoms with Crippen LogP contribution >= 0.6 is 0 Å². The van der Waals surface area contributed by atoms with E-state index in [1.54, 1.807) is 12.5 Å². The maximum Gasteiger partial charge on any atom is 0.289 e. The first-order valence-corrected chi connectivity index (χ1v) is 8.76. The fourth-order valence-corrected chi connectivity index (χ4v) is 3.38. The van der Waals surface area contributed by atoms with Gasteiger partial charge in [0.05, 0.1) is 12.4 Å². The van der Waals surface area contributed by atoms with Gasteiger partial charge in [-0.3, -0.25) is 4.79 Å². The highest BCUT2D eigenvalue weighted by atomic mass is 16.3. The van der Waals surface area contributed by atoms with Gasteiger partial charge < -0.3 is 14.6 Å². The second kappa shape index (κ2) is 8.18. The van der Waals surface area contributed by atoms with E-state index in [9.17, 15) is 9.90 Å². The van der Waals surface area contributed by atoms with E-state index >= 15 is 0 Å². The average molecular weight is 319 g/mol. The number of unbranched alkanes of at least 4 members (excludes halogenated alkanes) is 2. The van der Waals surface area contributed by atoms with Crippen molar-refractivity contribution >= 4 is 5.91 Å². The zero-order valence-corrected chi connectivity index (χ0v) is 14.5. The van der Waals surface area contributed by atoms with Crippen LogP contribution < -0.4 is 0 Å². The van der Waals surface area contributed by atoms with Crippen LogP contribution in [0.15, 0.2) is 30.1 Å². The highest BCUT2D eigenvalue weighted by Crippen LogP contribution is 2.33. The summed E-state index contributed by atoms with van der Waals surface area (Å²) in [7, 11) is 0. The molecule has 128 valence electrons. The summed E-state index contributed by atoms with van der Waals surface area (Å²) >= 11 is 0. The summed E-state index contributed by atoms with van der Waals surface area (Å²) in [6.07, 6.45) is 10.7. The van der Waals surface area contributed by atoms with Crippen molar-refractivity contribution < 1.29 is 9.90 Å². The van der Waals surface area contributed by atoms with Crippen LogP contribution in [0.4, 0.5) is 0 Å². The zero-order valence-electron chi connectivity index (χ0n) is 14.5. The average Bonchev–Trinajstić information content (AvgIpc) is 3.10. The second-order valence-electron chi connectivity index (χ2n) is 6.62. The van der Waals surface area contributed by atoms with Crippen molar-refractivity contribution in [2.75, 3.05) is 6.54 Å². The molecular weight excluding hydrogens is 290 g/mol. The summed E-state index contributed by atoms with van der Waals surface area (Å²) in [6, 6.07) is 0.0665. The Morgan fingerprint density at radius 3 is 2.65 bits per heavy atom. The molecule has 1 aromatic heterocycles. The summed E-state index contributed by atoms with van der Waals surface area (Å²) in [5.74, 6) is -0.00539. The third-order valence-electron chi connectivity index (χ3n) is 4.55. The molecule has 1 unspecified atom stereocenters. The predicted octanol–water partition coefficient (Wildman–Crippen LogP) is 3.53. The molecule has 23 heavy (non-hydrogen) atoms. The maximum absolute atomic E-state index is 12.5. The molecule has 0 fully saturated rings. The van der Waals surface area contributed by atoms with Crippen molar-refractivity contribution in [3.63, 3.8) is 0 Å². The minimum Gasteiger partial charge on any atom is -0.503 e. The van der Waals surface area contributed by atoms with Crippen molar-refractivity contribution in [3.8, 4) is 0 Å². The predicted molar refractivity (Wildman–Crippen MR) is 91.0 cm³/mol. The normalized spacial score (nSPS) is 18.5. The van der Waals surface area contributed by atoms with E-state index in [0.717, 1.165) is 37.8 Å². The van der Waals surface area contributed by atoms with Crippen LogP contribution in [-0.4, -0.2) is 38.1 Å². The Morgan fingerprint density at radius 2 is 2.04 bits per heavy atom. The van der Waals surface area contributed by atoms with Crippen molar-refractivity contribution in [2.24, 2.45) is 5.92 Å². The quantitative estimate of drug-likeness (QED) is 0.708. The van der Waals surface area contributed by atoms with Gasteiger partial charge in [0, 0.05) is 31.1 Å². The number of hydrogen-bond donors (Lipinski definition) is 1. The topological polar surface area (TPSA) is 58.4 Å². The molecule has 2 heterocycles. The second-order valence-corrected chi connectivity index (χ2v) is 6.62. The number of rotatable bonds is 9. The van der Waals surface area contributed by atoms with Gasteiger partial charge in [-0.05, 0) is 18.8 Å². The SMILES string of the molecule is CCCCCC1C(C(C)C)=C(O)C(=O)N1CCCn1ccnc1. The number of aliphatic hydroxyl groups is 1. The summed E-state index contributed by atoms with van der Waals surface area (Å²) in [4.78, 5) is 18.4. The molecule has 1 aliphatic heterocycles. The Kier molecular flexibility index (Phi) is 6.25. The highest BCUT2D eigenvalue weighted by molar-refractivity contribution is 5.95. The van der Waals surface area contributed by atoms with E-state index in [4.69, 9.17) is 0 Å². The molecule has 1 atom stereocenters. The van der Waals surface area contributed by atoms with Gasteiger partial charge in [-0.15, -0.1) is 0 Å². The minimum atomic E-state index is -0.194. The lowest BCUT2D eigenvalue weighted by Gasteiger charge is -2.28. The number of imidazole rings is 1. The lowest BCUT2D eigenvalue weighted by molar-refractivity contribution is -0.129. The fraction of sp³-hybridized carbons (Fsp3) is 0.667. The molecule has 5 nitrogen and oxygen atoms in total. The number of aliphatic hydroxyl groups excluding tert-OH is 1. The van der Waals surface area contributed by atoms with Crippen molar-refractivity contribution in [1.82, 2.24) is 14.5 Å². The van der Waals surface area contributed by atoms with E-state index in [0.29, 0.717) is 6.54 Å². The minimum absolute atomic E-state index is 0.0101. The number of carbonyl (C=O) groups is 1. The molecule has 0 saturated carbocycles. The van der Waals surface area contributed by atoms with E-state index in [1.165, 1.54) is 6.42 Å². The largest absolute Gasteiger partial charge is 0.503 e. The number of aryl methyl sites for hydroxylation is 1. The molecule has 1 amide bonds. The van der Waals surface area contributed by atoms with Gasteiger partial charge >= 0.3 is 0 Å². The van der Waals surface area contributed by atoms with E-state index in [2.05, 4.69) is 25.8 Å². The van der Waals surface area contributed by atoms with Crippen molar-refractivity contribution in [3.05, 3.63) is 30.1 Å².